The number of piperidine rings is 2. The zero-order valence-corrected chi connectivity index (χ0v) is 33.7. The molecule has 3 amide bonds. The molecule has 3 N–H and O–H groups in total. The molecule has 3 aliphatic carbocycles. The molecule has 0 radical (unpaired) electrons. The molecule has 0 spiro atoms. The van der Waals surface area contributed by atoms with Crippen LogP contribution in [-0.4, -0.2) is 72.9 Å². The van der Waals surface area contributed by atoms with Crippen LogP contribution in [0.25, 0.3) is 33.6 Å². The molecule has 59 heavy (non-hydrogen) atoms. The van der Waals surface area contributed by atoms with Crippen LogP contribution in [0.2, 0.25) is 0 Å². The summed E-state index contributed by atoms with van der Waals surface area (Å²) in [6.07, 6.45) is 7.97. The lowest BCUT2D eigenvalue weighted by Crippen LogP contribution is -2.54. The van der Waals surface area contributed by atoms with E-state index in [9.17, 15) is 14.4 Å². The molecule has 2 aliphatic heterocycles. The summed E-state index contributed by atoms with van der Waals surface area (Å²) in [7, 11) is 1.23. The lowest BCUT2D eigenvalue weighted by atomic mass is 9.79. The second-order valence-electron chi connectivity index (χ2n) is 17.9. The van der Waals surface area contributed by atoms with Gasteiger partial charge in [0.25, 0.3) is 0 Å². The van der Waals surface area contributed by atoms with Crippen LogP contribution in [0.3, 0.4) is 0 Å². The van der Waals surface area contributed by atoms with E-state index in [1.54, 1.807) is 17.0 Å². The predicted molar refractivity (Wildman–Crippen MR) is 210 cm³/mol. The Morgan fingerprint density at radius 1 is 0.780 bits per heavy atom. The predicted octanol–water partition coefficient (Wildman–Crippen LogP) is 8.86. The summed E-state index contributed by atoms with van der Waals surface area (Å²) in [5, 5.41) is 2.66. The Bertz CT molecular complexity index is 2320. The maximum atomic E-state index is 16.2. The van der Waals surface area contributed by atoms with E-state index in [1.807, 2.05) is 32.6 Å². The topological polar surface area (TPSA) is 136 Å². The summed E-state index contributed by atoms with van der Waals surface area (Å²) in [4.78, 5) is 58.8. The highest BCUT2D eigenvalue weighted by molar-refractivity contribution is 5.87. The number of aromatic amines is 2. The number of aromatic nitrogens is 4. The molecule has 4 aromatic rings. The third-order valence-corrected chi connectivity index (χ3v) is 13.5. The van der Waals surface area contributed by atoms with Crippen molar-refractivity contribution in [3.63, 3.8) is 0 Å². The number of nitrogens with one attached hydrogen (secondary N) is 3. The second-order valence-corrected chi connectivity index (χ2v) is 17.9. The van der Waals surface area contributed by atoms with Gasteiger partial charge in [0, 0.05) is 40.8 Å². The monoisotopic (exact) mass is 815 g/mol. The van der Waals surface area contributed by atoms with Crippen LogP contribution in [0.15, 0.2) is 48.8 Å². The fourth-order valence-corrected chi connectivity index (χ4v) is 10.7. The zero-order chi connectivity index (χ0) is 41.7. The van der Waals surface area contributed by atoms with Crippen LogP contribution in [-0.2, 0) is 26.2 Å². The Balaban J connectivity index is 1.00. The SMILES string of the molecule is COC(=O)NC(C(=O)N1C2CCC(C2)[C@H]1c1ncc(-c2ccc3c(c2)C(F)(F)C(F)(F)c2cc(-c4cnc([C@@H]5[C@H]6CCC(C6)N5C(=O)CC(C)C)[nH]4)ccc2-3)[nH]1)C(C)C. The number of alkyl carbamates (subject to hydrolysis) is 1. The average Bonchev–Trinajstić information content (AvgIpc) is 4.07. The van der Waals surface area contributed by atoms with Crippen molar-refractivity contribution in [1.82, 2.24) is 35.1 Å². The van der Waals surface area contributed by atoms with Crippen molar-refractivity contribution in [2.24, 2.45) is 23.7 Å². The number of halogens is 4. The van der Waals surface area contributed by atoms with E-state index >= 15 is 17.6 Å². The van der Waals surface area contributed by atoms with Crippen LogP contribution in [0, 0.1) is 23.7 Å². The molecule has 4 fully saturated rings. The number of likely N-dealkylation sites (tertiary alicyclic amines) is 2. The number of methoxy groups -OCH3 is 1. The van der Waals surface area contributed by atoms with E-state index in [2.05, 4.69) is 25.3 Å². The molecule has 11 nitrogen and oxygen atoms in total. The van der Waals surface area contributed by atoms with Gasteiger partial charge in [-0.25, -0.2) is 14.8 Å². The smallest absolute Gasteiger partial charge is 0.407 e. The van der Waals surface area contributed by atoms with Gasteiger partial charge >= 0.3 is 17.9 Å². The number of hydrogen-bond donors (Lipinski definition) is 3. The number of alkyl halides is 4. The lowest BCUT2D eigenvalue weighted by Gasteiger charge is -2.37. The number of H-pyrrole nitrogens is 2. The maximum Gasteiger partial charge on any atom is 0.407 e. The van der Waals surface area contributed by atoms with Crippen molar-refractivity contribution in [3.8, 4) is 33.6 Å². The van der Waals surface area contributed by atoms with E-state index < -0.39 is 41.1 Å². The number of carbonyl (C=O) groups is 3. The van der Waals surface area contributed by atoms with Crippen molar-refractivity contribution in [2.45, 2.75) is 115 Å². The van der Waals surface area contributed by atoms with Crippen molar-refractivity contribution in [3.05, 3.63) is 71.6 Å². The number of fused-ring (bicyclic) bond motifs is 7. The average molecular weight is 816 g/mol. The fraction of sp³-hybridized carbons (Fsp3) is 0.523. The largest absolute Gasteiger partial charge is 0.453 e. The molecule has 2 aromatic carbocycles. The summed E-state index contributed by atoms with van der Waals surface area (Å²) in [6, 6.07) is 6.93. The third kappa shape index (κ3) is 6.23. The quantitative estimate of drug-likeness (QED) is 0.145. The Morgan fingerprint density at radius 2 is 1.27 bits per heavy atom. The fourth-order valence-electron chi connectivity index (χ4n) is 10.7. The Morgan fingerprint density at radius 3 is 1.75 bits per heavy atom. The van der Waals surface area contributed by atoms with Crippen LogP contribution in [0.5, 0.6) is 0 Å². The molecule has 4 unspecified atom stereocenters. The summed E-state index contributed by atoms with van der Waals surface area (Å²) in [5.41, 5.74) is -0.275. The minimum absolute atomic E-state index is 0.000240. The van der Waals surface area contributed by atoms with Crippen molar-refractivity contribution < 1.29 is 36.7 Å². The minimum atomic E-state index is -4.56. The molecule has 9 rings (SSSR count). The number of carbonyl (C=O) groups excluding carboxylic acids is 3. The molecule has 15 heteroatoms. The summed E-state index contributed by atoms with van der Waals surface area (Å²) in [6.45, 7) is 7.68. The van der Waals surface area contributed by atoms with E-state index in [0.717, 1.165) is 50.7 Å². The van der Waals surface area contributed by atoms with E-state index in [4.69, 9.17) is 4.74 Å². The number of amides is 3. The van der Waals surface area contributed by atoms with Gasteiger partial charge in [-0.2, -0.15) is 17.6 Å². The van der Waals surface area contributed by atoms with Gasteiger partial charge in [0.05, 0.1) is 43.0 Å². The normalized spacial score (nSPS) is 26.4. The highest BCUT2D eigenvalue weighted by atomic mass is 19.3. The first kappa shape index (κ1) is 39.3. The molecule has 2 aromatic heterocycles. The molecular weight excluding hydrogens is 767 g/mol. The summed E-state index contributed by atoms with van der Waals surface area (Å²) < 4.78 is 69.6. The zero-order valence-electron chi connectivity index (χ0n) is 33.7. The van der Waals surface area contributed by atoms with Crippen LogP contribution in [0.1, 0.15) is 108 Å². The first-order valence-electron chi connectivity index (χ1n) is 20.7. The number of benzene rings is 2. The molecule has 4 heterocycles. The van der Waals surface area contributed by atoms with E-state index in [0.29, 0.717) is 35.0 Å². The van der Waals surface area contributed by atoms with Gasteiger partial charge in [0.2, 0.25) is 11.8 Å². The number of nitrogens with zero attached hydrogens (tertiary/aromatic N) is 4. The van der Waals surface area contributed by atoms with Gasteiger partial charge in [-0.05, 0) is 85.5 Å². The molecule has 2 saturated heterocycles. The van der Waals surface area contributed by atoms with Gasteiger partial charge in [-0.1, -0.05) is 52.0 Å². The van der Waals surface area contributed by atoms with E-state index in [-0.39, 0.29) is 70.3 Å². The molecular formula is C44H49F4N7O4. The van der Waals surface area contributed by atoms with Crippen molar-refractivity contribution in [1.29, 1.82) is 0 Å². The lowest BCUT2D eigenvalue weighted by molar-refractivity contribution is -0.225. The van der Waals surface area contributed by atoms with Gasteiger partial charge in [0.1, 0.15) is 17.7 Å². The summed E-state index contributed by atoms with van der Waals surface area (Å²) in [5.74, 6) is -7.93. The molecule has 312 valence electrons. The molecule has 7 atom stereocenters. The van der Waals surface area contributed by atoms with E-state index in [1.165, 1.54) is 31.6 Å². The third-order valence-electron chi connectivity index (χ3n) is 13.5. The molecule has 5 aliphatic rings. The number of imidazole rings is 2. The molecule has 4 bridgehead atoms. The first-order valence-corrected chi connectivity index (χ1v) is 20.7. The first-order chi connectivity index (χ1) is 28.1. The maximum absolute atomic E-state index is 16.2. The number of rotatable bonds is 9. The van der Waals surface area contributed by atoms with Gasteiger partial charge in [-0.15, -0.1) is 0 Å². The Labute approximate surface area is 339 Å². The van der Waals surface area contributed by atoms with Crippen molar-refractivity contribution in [2.75, 3.05) is 7.11 Å². The highest BCUT2D eigenvalue weighted by Gasteiger charge is 2.63. The molecule has 2 saturated carbocycles. The summed E-state index contributed by atoms with van der Waals surface area (Å²) >= 11 is 0. The Hall–Kier alpha value is -5.21. The number of ether oxygens (including phenoxy) is 1. The highest BCUT2D eigenvalue weighted by Crippen LogP contribution is 2.59. The van der Waals surface area contributed by atoms with Crippen LogP contribution >= 0.6 is 0 Å². The van der Waals surface area contributed by atoms with Crippen LogP contribution < -0.4 is 5.32 Å². The standard InChI is InChI=1S/C44H49F4N7O4/c1-21(2)14-35(56)54-27-10-6-25(15-27)37(54)39-49-19-33(51-39)23-8-12-29-30-13-9-24(18-32(30)44(47,48)43(45,46)31(29)17-23)34-20-50-40(52-34)38-26-7-11-28(16-26)55(38)41(57)36(22(3)4)53-42(58)59-5/h8-9,12-13,17-22,25-28,36-38H,6-7,10-11,14-16H2,1-5H3,(H,49,51)(H,50,52)(H,53,58)/t25-,26?,27?,28?,36?,37-,38-/m0/s1. The van der Waals surface area contributed by atoms with Gasteiger partial charge < -0.3 is 29.8 Å². The second kappa shape index (κ2) is 14.2. The Kier molecular flexibility index (Phi) is 9.46. The van der Waals surface area contributed by atoms with Gasteiger partial charge in [-0.3, -0.25) is 9.59 Å². The van der Waals surface area contributed by atoms with Gasteiger partial charge in [0.15, 0.2) is 0 Å². The van der Waals surface area contributed by atoms with Crippen LogP contribution in [0.4, 0.5) is 22.4 Å². The number of hydrogen-bond acceptors (Lipinski definition) is 6. The van der Waals surface area contributed by atoms with Crippen molar-refractivity contribution >= 4 is 17.9 Å². The minimum Gasteiger partial charge on any atom is -0.453 e.